The van der Waals surface area contributed by atoms with E-state index in [4.69, 9.17) is 18.9 Å². The molecule has 8 nitrogen and oxygen atoms in total. The van der Waals surface area contributed by atoms with Gasteiger partial charge in [0, 0.05) is 18.5 Å². The van der Waals surface area contributed by atoms with Crippen molar-refractivity contribution in [2.75, 3.05) is 32.0 Å². The molecule has 0 aliphatic carbocycles. The van der Waals surface area contributed by atoms with Crippen LogP contribution in [0.4, 0.5) is 5.69 Å². The van der Waals surface area contributed by atoms with Gasteiger partial charge in [0.25, 0.3) is 0 Å². The lowest BCUT2D eigenvalue weighted by atomic mass is 10.1. The van der Waals surface area contributed by atoms with Crippen LogP contribution >= 0.6 is 0 Å². The summed E-state index contributed by atoms with van der Waals surface area (Å²) in [6, 6.07) is 11.9. The van der Waals surface area contributed by atoms with Crippen LogP contribution in [0.5, 0.6) is 17.2 Å². The maximum atomic E-state index is 12.4. The Bertz CT molecular complexity index is 971. The molecule has 0 saturated carbocycles. The molecule has 2 aliphatic rings. The van der Waals surface area contributed by atoms with Crippen molar-refractivity contribution >= 4 is 23.3 Å². The third-order valence-electron chi connectivity index (χ3n) is 4.87. The van der Waals surface area contributed by atoms with Crippen molar-refractivity contribution < 1.29 is 33.3 Å². The van der Waals surface area contributed by atoms with Crippen molar-refractivity contribution in [1.29, 1.82) is 0 Å². The highest BCUT2D eigenvalue weighted by Gasteiger charge is 2.37. The van der Waals surface area contributed by atoms with Crippen LogP contribution in [-0.2, 0) is 14.3 Å². The van der Waals surface area contributed by atoms with Gasteiger partial charge in [0.1, 0.15) is 5.75 Å². The monoisotopic (exact) mass is 397 g/mol. The Morgan fingerprint density at radius 3 is 2.76 bits per heavy atom. The van der Waals surface area contributed by atoms with Gasteiger partial charge in [0.2, 0.25) is 12.7 Å². The summed E-state index contributed by atoms with van der Waals surface area (Å²) < 4.78 is 20.9. The van der Waals surface area contributed by atoms with Gasteiger partial charge in [0.05, 0.1) is 18.7 Å². The molecule has 2 aromatic carbocycles. The highest BCUT2D eigenvalue weighted by molar-refractivity contribution is 6.01. The number of ether oxygens (including phenoxy) is 4. The Labute approximate surface area is 166 Å². The first-order chi connectivity index (χ1) is 14.1. The number of ketones is 1. The molecule has 1 atom stereocenters. The van der Waals surface area contributed by atoms with E-state index >= 15 is 0 Å². The van der Waals surface area contributed by atoms with E-state index in [1.165, 1.54) is 12.0 Å². The minimum Gasteiger partial charge on any atom is -0.495 e. The first-order valence-electron chi connectivity index (χ1n) is 9.09. The molecule has 0 bridgehead atoms. The summed E-state index contributed by atoms with van der Waals surface area (Å²) >= 11 is 0. The van der Waals surface area contributed by atoms with E-state index in [0.717, 1.165) is 0 Å². The fourth-order valence-corrected chi connectivity index (χ4v) is 3.36. The maximum Gasteiger partial charge on any atom is 0.311 e. The normalized spacial score (nSPS) is 17.3. The van der Waals surface area contributed by atoms with Gasteiger partial charge in [-0.3, -0.25) is 14.4 Å². The summed E-state index contributed by atoms with van der Waals surface area (Å²) in [6.07, 6.45) is 0.0229. The average Bonchev–Trinajstić information content (AvgIpc) is 3.37. The van der Waals surface area contributed by atoms with Gasteiger partial charge >= 0.3 is 5.97 Å². The first-order valence-corrected chi connectivity index (χ1v) is 9.09. The molecule has 1 fully saturated rings. The summed E-state index contributed by atoms with van der Waals surface area (Å²) in [5.41, 5.74) is 0.965. The summed E-state index contributed by atoms with van der Waals surface area (Å²) in [4.78, 5) is 38.6. The molecule has 0 unspecified atom stereocenters. The van der Waals surface area contributed by atoms with Crippen molar-refractivity contribution in [2.45, 2.75) is 6.42 Å². The smallest absolute Gasteiger partial charge is 0.311 e. The number of methoxy groups -OCH3 is 1. The van der Waals surface area contributed by atoms with Gasteiger partial charge in [0.15, 0.2) is 23.9 Å². The summed E-state index contributed by atoms with van der Waals surface area (Å²) in [5.74, 6) is -0.175. The van der Waals surface area contributed by atoms with Crippen LogP contribution < -0.4 is 19.1 Å². The van der Waals surface area contributed by atoms with Crippen LogP contribution in [0.15, 0.2) is 42.5 Å². The topological polar surface area (TPSA) is 91.4 Å². The number of carbonyl (C=O) groups excluding carboxylic acids is 3. The second kappa shape index (κ2) is 7.83. The number of hydrogen-bond acceptors (Lipinski definition) is 7. The molecule has 2 aromatic rings. The SMILES string of the molecule is COc1ccccc1N1C[C@@H](C(=O)OCC(=O)c2ccc3c(c2)OCO3)CC1=O. The van der Waals surface area contributed by atoms with Gasteiger partial charge in [-0.25, -0.2) is 0 Å². The Kier molecular flexibility index (Phi) is 5.07. The predicted molar refractivity (Wildman–Crippen MR) is 101 cm³/mol. The number of nitrogens with zero attached hydrogens (tertiary/aromatic N) is 1. The van der Waals surface area contributed by atoms with Crippen LogP contribution in [0.3, 0.4) is 0 Å². The molecule has 2 aliphatic heterocycles. The zero-order valence-corrected chi connectivity index (χ0v) is 15.8. The van der Waals surface area contributed by atoms with Crippen LogP contribution in [0, 0.1) is 5.92 Å². The number of esters is 1. The number of para-hydroxylation sites is 2. The van der Waals surface area contributed by atoms with Crippen LogP contribution in [0.1, 0.15) is 16.8 Å². The molecular formula is C21H19NO7. The van der Waals surface area contributed by atoms with Crippen molar-refractivity contribution in [1.82, 2.24) is 0 Å². The number of anilines is 1. The highest BCUT2D eigenvalue weighted by atomic mass is 16.7. The summed E-state index contributed by atoms with van der Waals surface area (Å²) in [6.45, 7) is -0.117. The zero-order chi connectivity index (χ0) is 20.4. The molecule has 29 heavy (non-hydrogen) atoms. The fraction of sp³-hybridized carbons (Fsp3) is 0.286. The second-order valence-electron chi connectivity index (χ2n) is 6.68. The summed E-state index contributed by atoms with van der Waals surface area (Å²) in [7, 11) is 1.52. The van der Waals surface area contributed by atoms with E-state index in [0.29, 0.717) is 28.5 Å². The lowest BCUT2D eigenvalue weighted by Crippen LogP contribution is -2.27. The maximum absolute atomic E-state index is 12.4. The Morgan fingerprint density at radius 2 is 1.93 bits per heavy atom. The Balaban J connectivity index is 1.37. The number of benzene rings is 2. The molecule has 4 rings (SSSR count). The Morgan fingerprint density at radius 1 is 1.14 bits per heavy atom. The first kappa shape index (κ1) is 18.8. The van der Waals surface area contributed by atoms with Crippen molar-refractivity contribution in [3.8, 4) is 17.2 Å². The lowest BCUT2D eigenvalue weighted by Gasteiger charge is -2.19. The minimum absolute atomic E-state index is 0.0229. The number of rotatable bonds is 6. The standard InChI is InChI=1S/C21H19NO7/c1-26-17-5-3-2-4-15(17)22-10-14(9-20(22)24)21(25)27-11-16(23)13-6-7-18-19(8-13)29-12-28-18/h2-8,14H,9-12H2,1H3/t14-/m0/s1. The van der Waals surface area contributed by atoms with Gasteiger partial charge in [-0.2, -0.15) is 0 Å². The van der Waals surface area contributed by atoms with Gasteiger partial charge < -0.3 is 23.8 Å². The highest BCUT2D eigenvalue weighted by Crippen LogP contribution is 2.34. The molecule has 0 spiro atoms. The number of hydrogen-bond donors (Lipinski definition) is 0. The van der Waals surface area contributed by atoms with E-state index in [1.54, 1.807) is 42.5 Å². The van der Waals surface area contributed by atoms with E-state index in [-0.39, 0.29) is 31.4 Å². The van der Waals surface area contributed by atoms with E-state index in [9.17, 15) is 14.4 Å². The quantitative estimate of drug-likeness (QED) is 0.545. The van der Waals surface area contributed by atoms with Gasteiger partial charge in [-0.1, -0.05) is 12.1 Å². The number of fused-ring (bicyclic) bond motifs is 1. The van der Waals surface area contributed by atoms with Crippen LogP contribution in [0.25, 0.3) is 0 Å². The Hall–Kier alpha value is -3.55. The van der Waals surface area contributed by atoms with E-state index in [1.807, 2.05) is 0 Å². The molecule has 0 radical (unpaired) electrons. The van der Waals surface area contributed by atoms with Crippen molar-refractivity contribution in [3.05, 3.63) is 48.0 Å². The summed E-state index contributed by atoms with van der Waals surface area (Å²) in [5, 5.41) is 0. The third kappa shape index (κ3) is 3.73. The molecule has 150 valence electrons. The largest absolute Gasteiger partial charge is 0.495 e. The van der Waals surface area contributed by atoms with Gasteiger partial charge in [-0.15, -0.1) is 0 Å². The molecular weight excluding hydrogens is 378 g/mol. The van der Waals surface area contributed by atoms with Gasteiger partial charge in [-0.05, 0) is 30.3 Å². The lowest BCUT2D eigenvalue weighted by molar-refractivity contribution is -0.147. The molecule has 2 heterocycles. The molecule has 0 N–H and O–H groups in total. The van der Waals surface area contributed by atoms with Crippen LogP contribution in [0.2, 0.25) is 0 Å². The number of carbonyl (C=O) groups is 3. The van der Waals surface area contributed by atoms with E-state index < -0.39 is 18.5 Å². The average molecular weight is 397 g/mol. The third-order valence-corrected chi connectivity index (χ3v) is 4.87. The molecule has 1 amide bonds. The zero-order valence-electron chi connectivity index (χ0n) is 15.8. The number of amides is 1. The molecule has 8 heteroatoms. The molecule has 1 saturated heterocycles. The molecule has 0 aromatic heterocycles. The predicted octanol–water partition coefficient (Wildman–Crippen LogP) is 2.20. The second-order valence-corrected chi connectivity index (χ2v) is 6.68. The number of Topliss-reactive ketones (excluding diaryl/α,β-unsaturated/α-hetero) is 1. The van der Waals surface area contributed by atoms with E-state index in [2.05, 4.69) is 0 Å². The van der Waals surface area contributed by atoms with Crippen molar-refractivity contribution in [3.63, 3.8) is 0 Å². The van der Waals surface area contributed by atoms with Crippen LogP contribution in [-0.4, -0.2) is 44.7 Å². The van der Waals surface area contributed by atoms with Crippen molar-refractivity contribution in [2.24, 2.45) is 5.92 Å². The fourth-order valence-electron chi connectivity index (χ4n) is 3.36. The minimum atomic E-state index is -0.642.